The van der Waals surface area contributed by atoms with Crippen LogP contribution in [0.5, 0.6) is 0 Å². The SMILES string of the molecule is Cc1ccc(NS(=O)(=O)c2ccc3c(c2)n(C)c(=O)n3C)cc1Br. The molecule has 0 amide bonds. The molecule has 0 fully saturated rings. The number of hydrogen-bond donors (Lipinski definition) is 1. The second kappa shape index (κ2) is 5.78. The largest absolute Gasteiger partial charge is 0.328 e. The van der Waals surface area contributed by atoms with Gasteiger partial charge in [-0.1, -0.05) is 22.0 Å². The number of benzene rings is 2. The van der Waals surface area contributed by atoms with E-state index in [4.69, 9.17) is 0 Å². The number of aryl methyl sites for hydroxylation is 3. The Labute approximate surface area is 147 Å². The van der Waals surface area contributed by atoms with Gasteiger partial charge < -0.3 is 0 Å². The molecule has 0 aliphatic heterocycles. The number of imidazole rings is 1. The summed E-state index contributed by atoms with van der Waals surface area (Å²) in [5.74, 6) is 0. The van der Waals surface area contributed by atoms with Crippen molar-refractivity contribution in [2.45, 2.75) is 11.8 Å². The number of aromatic nitrogens is 2. The fourth-order valence-corrected chi connectivity index (χ4v) is 3.97. The standard InChI is InChI=1S/C16H16BrN3O3S/c1-10-4-5-11(8-13(10)17)18-24(22,23)12-6-7-14-15(9-12)20(3)16(21)19(14)2/h4-9,18H,1-3H3. The predicted molar refractivity (Wildman–Crippen MR) is 97.8 cm³/mol. The molecule has 0 aliphatic rings. The third kappa shape index (κ3) is 2.76. The lowest BCUT2D eigenvalue weighted by atomic mass is 10.2. The molecule has 0 bridgehead atoms. The highest BCUT2D eigenvalue weighted by atomic mass is 79.9. The van der Waals surface area contributed by atoms with Gasteiger partial charge in [0.25, 0.3) is 10.0 Å². The molecule has 0 unspecified atom stereocenters. The normalized spacial score (nSPS) is 11.8. The Morgan fingerprint density at radius 3 is 2.33 bits per heavy atom. The van der Waals surface area contributed by atoms with Gasteiger partial charge in [0.2, 0.25) is 0 Å². The van der Waals surface area contributed by atoms with Crippen molar-refractivity contribution in [1.82, 2.24) is 9.13 Å². The summed E-state index contributed by atoms with van der Waals surface area (Å²) in [4.78, 5) is 12.1. The Hall–Kier alpha value is -2.06. The highest BCUT2D eigenvalue weighted by molar-refractivity contribution is 9.10. The van der Waals surface area contributed by atoms with Crippen molar-refractivity contribution < 1.29 is 8.42 Å². The van der Waals surface area contributed by atoms with Gasteiger partial charge in [0.1, 0.15) is 0 Å². The minimum atomic E-state index is -3.75. The first kappa shape index (κ1) is 16.8. The fraction of sp³-hybridized carbons (Fsp3) is 0.188. The number of nitrogens with one attached hydrogen (secondary N) is 1. The van der Waals surface area contributed by atoms with Gasteiger partial charge >= 0.3 is 5.69 Å². The fourth-order valence-electron chi connectivity index (χ4n) is 2.52. The zero-order valence-electron chi connectivity index (χ0n) is 13.4. The van der Waals surface area contributed by atoms with Crippen LogP contribution in [0.25, 0.3) is 11.0 Å². The first-order chi connectivity index (χ1) is 11.2. The summed E-state index contributed by atoms with van der Waals surface area (Å²) in [5, 5.41) is 0. The van der Waals surface area contributed by atoms with E-state index in [-0.39, 0.29) is 10.6 Å². The minimum absolute atomic E-state index is 0.105. The van der Waals surface area contributed by atoms with Gasteiger partial charge in [0, 0.05) is 24.3 Å². The van der Waals surface area contributed by atoms with Crippen molar-refractivity contribution >= 4 is 42.7 Å². The molecule has 2 aromatic carbocycles. The average molecular weight is 410 g/mol. The van der Waals surface area contributed by atoms with Gasteiger partial charge in [-0.3, -0.25) is 13.9 Å². The topological polar surface area (TPSA) is 73.1 Å². The van der Waals surface area contributed by atoms with E-state index in [1.54, 1.807) is 32.3 Å². The predicted octanol–water partition coefficient (Wildman–Crippen LogP) is 2.75. The molecular formula is C16H16BrN3O3S. The number of anilines is 1. The average Bonchev–Trinajstić information content (AvgIpc) is 2.75. The maximum absolute atomic E-state index is 12.6. The van der Waals surface area contributed by atoms with E-state index in [0.29, 0.717) is 16.7 Å². The number of halogens is 1. The van der Waals surface area contributed by atoms with Crippen LogP contribution in [-0.4, -0.2) is 17.6 Å². The van der Waals surface area contributed by atoms with Crippen LogP contribution in [0.15, 0.2) is 50.6 Å². The highest BCUT2D eigenvalue weighted by Gasteiger charge is 2.17. The van der Waals surface area contributed by atoms with E-state index < -0.39 is 10.0 Å². The molecule has 6 nitrogen and oxygen atoms in total. The zero-order chi connectivity index (χ0) is 17.6. The smallest absolute Gasteiger partial charge is 0.295 e. The summed E-state index contributed by atoms with van der Waals surface area (Å²) >= 11 is 3.39. The maximum Gasteiger partial charge on any atom is 0.328 e. The van der Waals surface area contributed by atoms with Crippen LogP contribution in [0.4, 0.5) is 5.69 Å². The van der Waals surface area contributed by atoms with Crippen LogP contribution in [0.2, 0.25) is 0 Å². The molecule has 0 spiro atoms. The van der Waals surface area contributed by atoms with Gasteiger partial charge in [0.15, 0.2) is 0 Å². The Morgan fingerprint density at radius 2 is 1.67 bits per heavy atom. The van der Waals surface area contributed by atoms with Crippen molar-refractivity contribution in [3.8, 4) is 0 Å². The molecule has 0 aliphatic carbocycles. The summed E-state index contributed by atoms with van der Waals surface area (Å²) in [5.41, 5.74) is 2.53. The van der Waals surface area contributed by atoms with Gasteiger partial charge in [-0.2, -0.15) is 0 Å². The van der Waals surface area contributed by atoms with E-state index in [1.165, 1.54) is 21.3 Å². The summed E-state index contributed by atoms with van der Waals surface area (Å²) in [6.45, 7) is 1.92. The first-order valence-electron chi connectivity index (χ1n) is 7.15. The number of nitrogens with zero attached hydrogens (tertiary/aromatic N) is 2. The van der Waals surface area contributed by atoms with Gasteiger partial charge in [0.05, 0.1) is 15.9 Å². The quantitative estimate of drug-likeness (QED) is 0.722. The molecule has 3 aromatic rings. The molecule has 1 N–H and O–H groups in total. The summed E-state index contributed by atoms with van der Waals surface area (Å²) in [6, 6.07) is 9.87. The molecule has 0 saturated carbocycles. The third-order valence-electron chi connectivity index (χ3n) is 3.98. The molecule has 3 rings (SSSR count). The van der Waals surface area contributed by atoms with Crippen LogP contribution < -0.4 is 10.4 Å². The Morgan fingerprint density at radius 1 is 1.00 bits per heavy atom. The Balaban J connectivity index is 2.06. The molecule has 1 aromatic heterocycles. The Bertz CT molecular complexity index is 1110. The molecule has 1 heterocycles. The van der Waals surface area contributed by atoms with Crippen LogP contribution in [0, 0.1) is 6.92 Å². The van der Waals surface area contributed by atoms with Crippen LogP contribution in [0.1, 0.15) is 5.56 Å². The molecule has 24 heavy (non-hydrogen) atoms. The lowest BCUT2D eigenvalue weighted by Gasteiger charge is -2.10. The first-order valence-corrected chi connectivity index (χ1v) is 9.43. The highest BCUT2D eigenvalue weighted by Crippen LogP contribution is 2.24. The number of rotatable bonds is 3. The lowest BCUT2D eigenvalue weighted by molar-refractivity contribution is 0.601. The summed E-state index contributed by atoms with van der Waals surface area (Å²) < 4.78 is 31.5. The van der Waals surface area contributed by atoms with Gasteiger partial charge in [-0.25, -0.2) is 13.2 Å². The van der Waals surface area contributed by atoms with Gasteiger partial charge in [-0.05, 0) is 42.8 Å². The van der Waals surface area contributed by atoms with E-state index in [9.17, 15) is 13.2 Å². The molecular weight excluding hydrogens is 394 g/mol. The summed E-state index contributed by atoms with van der Waals surface area (Å²) in [7, 11) is -0.480. The van der Waals surface area contributed by atoms with E-state index in [0.717, 1.165) is 10.0 Å². The summed E-state index contributed by atoms with van der Waals surface area (Å²) in [6.07, 6.45) is 0. The second-order valence-corrected chi connectivity index (χ2v) is 8.16. The minimum Gasteiger partial charge on any atom is -0.295 e. The van der Waals surface area contributed by atoms with E-state index >= 15 is 0 Å². The maximum atomic E-state index is 12.6. The Kier molecular flexibility index (Phi) is 4.05. The van der Waals surface area contributed by atoms with Crippen molar-refractivity contribution in [2.24, 2.45) is 14.1 Å². The van der Waals surface area contributed by atoms with Gasteiger partial charge in [-0.15, -0.1) is 0 Å². The molecule has 0 saturated heterocycles. The molecule has 126 valence electrons. The third-order valence-corrected chi connectivity index (χ3v) is 6.21. The van der Waals surface area contributed by atoms with Crippen molar-refractivity contribution in [3.05, 3.63) is 56.9 Å². The van der Waals surface area contributed by atoms with Crippen molar-refractivity contribution in [2.75, 3.05) is 4.72 Å². The number of hydrogen-bond acceptors (Lipinski definition) is 3. The van der Waals surface area contributed by atoms with Crippen LogP contribution in [-0.2, 0) is 24.1 Å². The lowest BCUT2D eigenvalue weighted by Crippen LogP contribution is -2.19. The van der Waals surface area contributed by atoms with E-state index in [2.05, 4.69) is 20.7 Å². The monoisotopic (exact) mass is 409 g/mol. The molecule has 0 atom stereocenters. The van der Waals surface area contributed by atoms with Crippen molar-refractivity contribution in [1.29, 1.82) is 0 Å². The van der Waals surface area contributed by atoms with E-state index in [1.807, 2.05) is 13.0 Å². The molecule has 0 radical (unpaired) electrons. The zero-order valence-corrected chi connectivity index (χ0v) is 15.8. The second-order valence-electron chi connectivity index (χ2n) is 5.62. The van der Waals surface area contributed by atoms with Crippen molar-refractivity contribution in [3.63, 3.8) is 0 Å². The molecule has 8 heteroatoms. The number of sulfonamides is 1. The number of fused-ring (bicyclic) bond motifs is 1. The van der Waals surface area contributed by atoms with Crippen LogP contribution in [0.3, 0.4) is 0 Å². The van der Waals surface area contributed by atoms with Crippen LogP contribution >= 0.6 is 15.9 Å².